The molecule has 0 radical (unpaired) electrons. The van der Waals surface area contributed by atoms with Gasteiger partial charge < -0.3 is 15.2 Å². The number of anilines is 1. The monoisotopic (exact) mass is 320 g/mol. The van der Waals surface area contributed by atoms with Crippen molar-refractivity contribution in [3.05, 3.63) is 60.3 Å². The SMILES string of the molecule is c1ccc([C@H]2CCCN(CCNc3ccc4cc[nH]c4n3)C2)cc1. The first-order valence-corrected chi connectivity index (χ1v) is 8.84. The van der Waals surface area contributed by atoms with Gasteiger partial charge in [0.25, 0.3) is 0 Å². The van der Waals surface area contributed by atoms with E-state index in [-0.39, 0.29) is 0 Å². The molecular formula is C20H24N4. The van der Waals surface area contributed by atoms with Crippen molar-refractivity contribution in [1.29, 1.82) is 0 Å². The number of aromatic nitrogens is 2. The summed E-state index contributed by atoms with van der Waals surface area (Å²) in [5.74, 6) is 1.62. The molecule has 0 bridgehead atoms. The molecule has 124 valence electrons. The van der Waals surface area contributed by atoms with Gasteiger partial charge >= 0.3 is 0 Å². The Morgan fingerprint density at radius 2 is 2.04 bits per heavy atom. The minimum absolute atomic E-state index is 0.674. The third-order valence-corrected chi connectivity index (χ3v) is 4.92. The van der Waals surface area contributed by atoms with Gasteiger partial charge in [0, 0.05) is 31.2 Å². The second-order valence-corrected chi connectivity index (χ2v) is 6.59. The Labute approximate surface area is 142 Å². The van der Waals surface area contributed by atoms with E-state index in [0.717, 1.165) is 36.5 Å². The molecule has 0 spiro atoms. The number of rotatable bonds is 5. The van der Waals surface area contributed by atoms with Crippen molar-refractivity contribution in [3.8, 4) is 0 Å². The van der Waals surface area contributed by atoms with Crippen molar-refractivity contribution in [2.75, 3.05) is 31.5 Å². The Balaban J connectivity index is 1.30. The normalized spacial score (nSPS) is 18.8. The molecule has 2 N–H and O–H groups in total. The van der Waals surface area contributed by atoms with E-state index in [1.165, 1.54) is 24.9 Å². The van der Waals surface area contributed by atoms with Crippen LogP contribution in [0.2, 0.25) is 0 Å². The van der Waals surface area contributed by atoms with Gasteiger partial charge in [-0.05, 0) is 49.1 Å². The topological polar surface area (TPSA) is 44.0 Å². The van der Waals surface area contributed by atoms with Crippen LogP contribution in [-0.2, 0) is 0 Å². The van der Waals surface area contributed by atoms with Crippen molar-refractivity contribution >= 4 is 16.9 Å². The highest BCUT2D eigenvalue weighted by molar-refractivity contribution is 5.77. The van der Waals surface area contributed by atoms with E-state index < -0.39 is 0 Å². The summed E-state index contributed by atoms with van der Waals surface area (Å²) in [7, 11) is 0. The van der Waals surface area contributed by atoms with Crippen LogP contribution in [0.5, 0.6) is 0 Å². The number of aromatic amines is 1. The maximum absolute atomic E-state index is 4.60. The van der Waals surface area contributed by atoms with Crippen LogP contribution >= 0.6 is 0 Å². The minimum atomic E-state index is 0.674. The number of hydrogen-bond acceptors (Lipinski definition) is 3. The molecule has 1 aromatic carbocycles. The first-order valence-electron chi connectivity index (χ1n) is 8.84. The Hall–Kier alpha value is -2.33. The van der Waals surface area contributed by atoms with Crippen LogP contribution in [0.15, 0.2) is 54.7 Å². The fraction of sp³-hybridized carbons (Fsp3) is 0.350. The summed E-state index contributed by atoms with van der Waals surface area (Å²) in [6, 6.07) is 17.1. The van der Waals surface area contributed by atoms with E-state index in [1.54, 1.807) is 0 Å². The third-order valence-electron chi connectivity index (χ3n) is 4.92. The lowest BCUT2D eigenvalue weighted by Crippen LogP contribution is -2.37. The van der Waals surface area contributed by atoms with Gasteiger partial charge in [-0.15, -0.1) is 0 Å². The molecule has 2 aromatic heterocycles. The third kappa shape index (κ3) is 3.44. The Morgan fingerprint density at radius 3 is 2.96 bits per heavy atom. The molecule has 24 heavy (non-hydrogen) atoms. The quantitative estimate of drug-likeness (QED) is 0.750. The zero-order valence-corrected chi connectivity index (χ0v) is 13.9. The second-order valence-electron chi connectivity index (χ2n) is 6.59. The summed E-state index contributed by atoms with van der Waals surface area (Å²) in [6.07, 6.45) is 4.52. The molecule has 4 nitrogen and oxygen atoms in total. The summed E-state index contributed by atoms with van der Waals surface area (Å²) < 4.78 is 0. The van der Waals surface area contributed by atoms with Crippen LogP contribution in [0.25, 0.3) is 11.0 Å². The first kappa shape index (κ1) is 15.2. The molecule has 1 fully saturated rings. The fourth-order valence-corrected chi connectivity index (χ4v) is 3.63. The molecule has 1 saturated heterocycles. The molecule has 4 rings (SSSR count). The van der Waals surface area contributed by atoms with Crippen molar-refractivity contribution in [2.24, 2.45) is 0 Å². The van der Waals surface area contributed by atoms with Crippen molar-refractivity contribution in [3.63, 3.8) is 0 Å². The number of pyridine rings is 1. The summed E-state index contributed by atoms with van der Waals surface area (Å²) in [5.41, 5.74) is 2.43. The maximum atomic E-state index is 4.60. The molecule has 3 aromatic rings. The van der Waals surface area contributed by atoms with E-state index in [0.29, 0.717) is 5.92 Å². The Morgan fingerprint density at radius 1 is 1.12 bits per heavy atom. The van der Waals surface area contributed by atoms with Crippen molar-refractivity contribution in [1.82, 2.24) is 14.9 Å². The van der Waals surface area contributed by atoms with Gasteiger partial charge in [-0.3, -0.25) is 0 Å². The molecule has 0 unspecified atom stereocenters. The molecule has 3 heterocycles. The van der Waals surface area contributed by atoms with E-state index in [9.17, 15) is 0 Å². The highest BCUT2D eigenvalue weighted by atomic mass is 15.2. The van der Waals surface area contributed by atoms with Crippen LogP contribution < -0.4 is 5.32 Å². The number of benzene rings is 1. The minimum Gasteiger partial charge on any atom is -0.369 e. The van der Waals surface area contributed by atoms with E-state index in [4.69, 9.17) is 0 Å². The van der Waals surface area contributed by atoms with Gasteiger partial charge in [0.1, 0.15) is 11.5 Å². The first-order chi connectivity index (χ1) is 11.9. The van der Waals surface area contributed by atoms with Gasteiger partial charge in [-0.2, -0.15) is 0 Å². The molecule has 4 heteroatoms. The fourth-order valence-electron chi connectivity index (χ4n) is 3.63. The Kier molecular flexibility index (Phi) is 4.47. The average molecular weight is 320 g/mol. The number of H-pyrrole nitrogens is 1. The van der Waals surface area contributed by atoms with E-state index >= 15 is 0 Å². The number of nitrogens with one attached hydrogen (secondary N) is 2. The lowest BCUT2D eigenvalue weighted by atomic mass is 9.91. The maximum Gasteiger partial charge on any atom is 0.139 e. The van der Waals surface area contributed by atoms with E-state index in [1.807, 2.05) is 12.3 Å². The predicted molar refractivity (Wildman–Crippen MR) is 99.4 cm³/mol. The number of fused-ring (bicyclic) bond motifs is 1. The number of piperidine rings is 1. The standard InChI is InChI=1S/C20H24N4/c1-2-5-16(6-3-1)18-7-4-13-24(15-18)14-12-21-19-9-8-17-10-11-22-20(17)23-19/h1-3,5-6,8-11,18H,4,7,12-15H2,(H2,21,22,23)/t18-/m0/s1. The van der Waals surface area contributed by atoms with Crippen LogP contribution in [0.1, 0.15) is 24.3 Å². The van der Waals surface area contributed by atoms with Gasteiger partial charge in [0.2, 0.25) is 0 Å². The van der Waals surface area contributed by atoms with Crippen LogP contribution in [0.3, 0.4) is 0 Å². The van der Waals surface area contributed by atoms with E-state index in [2.05, 4.69) is 62.6 Å². The zero-order chi connectivity index (χ0) is 16.2. The largest absolute Gasteiger partial charge is 0.369 e. The van der Waals surface area contributed by atoms with Gasteiger partial charge in [0.15, 0.2) is 0 Å². The highest BCUT2D eigenvalue weighted by Gasteiger charge is 2.20. The van der Waals surface area contributed by atoms with Crippen LogP contribution in [0.4, 0.5) is 5.82 Å². The molecular weight excluding hydrogens is 296 g/mol. The molecule has 1 aliphatic heterocycles. The molecule has 1 aliphatic rings. The molecule has 1 atom stereocenters. The van der Waals surface area contributed by atoms with Crippen LogP contribution in [-0.4, -0.2) is 41.0 Å². The lowest BCUT2D eigenvalue weighted by Gasteiger charge is -2.33. The highest BCUT2D eigenvalue weighted by Crippen LogP contribution is 2.26. The van der Waals surface area contributed by atoms with Gasteiger partial charge in [-0.25, -0.2) is 4.98 Å². The smallest absolute Gasteiger partial charge is 0.139 e. The zero-order valence-electron chi connectivity index (χ0n) is 13.9. The number of nitrogens with zero attached hydrogens (tertiary/aromatic N) is 2. The summed E-state index contributed by atoms with van der Waals surface area (Å²) in [6.45, 7) is 4.36. The van der Waals surface area contributed by atoms with Crippen molar-refractivity contribution in [2.45, 2.75) is 18.8 Å². The second kappa shape index (κ2) is 7.05. The number of hydrogen-bond donors (Lipinski definition) is 2. The number of likely N-dealkylation sites (tertiary alicyclic amines) is 1. The average Bonchev–Trinajstić information content (AvgIpc) is 3.11. The molecule has 0 amide bonds. The van der Waals surface area contributed by atoms with Gasteiger partial charge in [-0.1, -0.05) is 30.3 Å². The van der Waals surface area contributed by atoms with Crippen molar-refractivity contribution < 1.29 is 0 Å². The molecule has 0 saturated carbocycles. The summed E-state index contributed by atoms with van der Waals surface area (Å²) >= 11 is 0. The lowest BCUT2D eigenvalue weighted by molar-refractivity contribution is 0.215. The predicted octanol–water partition coefficient (Wildman–Crippen LogP) is 3.85. The Bertz CT molecular complexity index is 780. The van der Waals surface area contributed by atoms with Crippen LogP contribution in [0, 0.1) is 0 Å². The molecule has 0 aliphatic carbocycles. The summed E-state index contributed by atoms with van der Waals surface area (Å²) in [4.78, 5) is 10.3. The summed E-state index contributed by atoms with van der Waals surface area (Å²) in [5, 5.41) is 4.61. The van der Waals surface area contributed by atoms with Gasteiger partial charge in [0.05, 0.1) is 0 Å².